The van der Waals surface area contributed by atoms with E-state index in [-0.39, 0.29) is 17.9 Å². The van der Waals surface area contributed by atoms with E-state index in [4.69, 9.17) is 23.2 Å². The number of benzene rings is 2. The van der Waals surface area contributed by atoms with Crippen LogP contribution in [0.1, 0.15) is 56.6 Å². The van der Waals surface area contributed by atoms with Crippen molar-refractivity contribution in [1.82, 2.24) is 10.2 Å². The number of hydrogen-bond acceptors (Lipinski definition) is 3. The first-order valence-corrected chi connectivity index (χ1v) is 13.5. The number of thioether (sulfide) groups is 1. The number of nitrogens with one attached hydrogen (secondary N) is 1. The van der Waals surface area contributed by atoms with Gasteiger partial charge in [-0.05, 0) is 42.5 Å². The zero-order chi connectivity index (χ0) is 23.6. The standard InChI is InChI=1S/C26H32Cl2N2O2S/c1-2-24(26(32)29-21-10-6-7-11-21)30(17-20-12-13-22(27)23(28)16-20)25(31)14-15-33-18-19-8-4-3-5-9-19/h3-5,8-9,12-13,16,21,24H,2,6-7,10-11,14-15,17-18H2,1H3,(H,29,32)/t24-/m1/s1. The van der Waals surface area contributed by atoms with E-state index in [9.17, 15) is 9.59 Å². The molecule has 1 saturated carbocycles. The highest BCUT2D eigenvalue weighted by atomic mass is 35.5. The Hall–Kier alpha value is -1.69. The zero-order valence-corrected chi connectivity index (χ0v) is 21.4. The predicted octanol–water partition coefficient (Wildman–Crippen LogP) is 6.48. The summed E-state index contributed by atoms with van der Waals surface area (Å²) in [7, 11) is 0. The molecule has 0 aliphatic heterocycles. The molecule has 7 heteroatoms. The number of rotatable bonds is 11. The Morgan fingerprint density at radius 3 is 2.45 bits per heavy atom. The fourth-order valence-corrected chi connectivity index (χ4v) is 5.40. The number of amides is 2. The van der Waals surface area contributed by atoms with Gasteiger partial charge in [0.2, 0.25) is 11.8 Å². The molecule has 2 aromatic carbocycles. The van der Waals surface area contributed by atoms with Gasteiger partial charge in [0.15, 0.2) is 0 Å². The Morgan fingerprint density at radius 2 is 1.79 bits per heavy atom. The fraction of sp³-hybridized carbons (Fsp3) is 0.462. The number of carbonyl (C=O) groups is 2. The van der Waals surface area contributed by atoms with Crippen molar-refractivity contribution in [3.05, 3.63) is 69.7 Å². The molecule has 33 heavy (non-hydrogen) atoms. The Morgan fingerprint density at radius 1 is 1.06 bits per heavy atom. The third-order valence-electron chi connectivity index (χ3n) is 6.00. The average Bonchev–Trinajstić information content (AvgIpc) is 3.32. The third-order valence-corrected chi connectivity index (χ3v) is 7.77. The van der Waals surface area contributed by atoms with Crippen LogP contribution in [0.5, 0.6) is 0 Å². The van der Waals surface area contributed by atoms with E-state index in [0.29, 0.717) is 35.2 Å². The van der Waals surface area contributed by atoms with Crippen LogP contribution in [0.15, 0.2) is 48.5 Å². The van der Waals surface area contributed by atoms with Crippen LogP contribution in [-0.2, 0) is 21.9 Å². The van der Waals surface area contributed by atoms with Gasteiger partial charge in [0.1, 0.15) is 6.04 Å². The summed E-state index contributed by atoms with van der Waals surface area (Å²) in [6, 6.07) is 15.3. The van der Waals surface area contributed by atoms with Gasteiger partial charge >= 0.3 is 0 Å². The van der Waals surface area contributed by atoms with Gasteiger partial charge < -0.3 is 10.2 Å². The van der Waals surface area contributed by atoms with E-state index in [1.165, 1.54) is 5.56 Å². The first kappa shape index (κ1) is 25.9. The molecule has 0 saturated heterocycles. The third kappa shape index (κ3) is 7.94. The van der Waals surface area contributed by atoms with Crippen LogP contribution in [0.3, 0.4) is 0 Å². The molecule has 0 unspecified atom stereocenters. The van der Waals surface area contributed by atoms with Crippen LogP contribution < -0.4 is 5.32 Å². The molecule has 1 aliphatic carbocycles. The number of nitrogens with zero attached hydrogens (tertiary/aromatic N) is 1. The van der Waals surface area contributed by atoms with Crippen molar-refractivity contribution in [1.29, 1.82) is 0 Å². The second-order valence-corrected chi connectivity index (χ2v) is 10.4. The average molecular weight is 508 g/mol. The molecule has 1 aliphatic rings. The minimum Gasteiger partial charge on any atom is -0.352 e. The SMILES string of the molecule is CC[C@H](C(=O)NC1CCCC1)N(Cc1ccc(Cl)c(Cl)c1)C(=O)CCSCc1ccccc1. The predicted molar refractivity (Wildman–Crippen MR) is 139 cm³/mol. The summed E-state index contributed by atoms with van der Waals surface area (Å²) < 4.78 is 0. The topological polar surface area (TPSA) is 49.4 Å². The van der Waals surface area contributed by atoms with Crippen LogP contribution in [-0.4, -0.2) is 34.6 Å². The Bertz CT molecular complexity index is 920. The number of halogens is 2. The van der Waals surface area contributed by atoms with Crippen molar-refractivity contribution in [2.24, 2.45) is 0 Å². The lowest BCUT2D eigenvalue weighted by atomic mass is 10.1. The van der Waals surface area contributed by atoms with Gasteiger partial charge in [-0.25, -0.2) is 0 Å². The second-order valence-electron chi connectivity index (χ2n) is 8.47. The molecular weight excluding hydrogens is 475 g/mol. The largest absolute Gasteiger partial charge is 0.352 e. The van der Waals surface area contributed by atoms with Gasteiger partial charge in [-0.3, -0.25) is 9.59 Å². The molecule has 1 fully saturated rings. The van der Waals surface area contributed by atoms with Crippen molar-refractivity contribution in [2.75, 3.05) is 5.75 Å². The van der Waals surface area contributed by atoms with Crippen molar-refractivity contribution >= 4 is 46.8 Å². The van der Waals surface area contributed by atoms with Crippen molar-refractivity contribution < 1.29 is 9.59 Å². The lowest BCUT2D eigenvalue weighted by Gasteiger charge is -2.31. The van der Waals surface area contributed by atoms with Gasteiger partial charge in [0, 0.05) is 30.5 Å². The monoisotopic (exact) mass is 506 g/mol. The second kappa shape index (κ2) is 13.3. The highest BCUT2D eigenvalue weighted by Gasteiger charge is 2.30. The van der Waals surface area contributed by atoms with E-state index >= 15 is 0 Å². The molecule has 0 radical (unpaired) electrons. The van der Waals surface area contributed by atoms with E-state index < -0.39 is 6.04 Å². The van der Waals surface area contributed by atoms with Gasteiger partial charge in [-0.2, -0.15) is 11.8 Å². The van der Waals surface area contributed by atoms with Gasteiger partial charge in [0.25, 0.3) is 0 Å². The number of hydrogen-bond donors (Lipinski definition) is 1. The normalized spacial score (nSPS) is 14.8. The summed E-state index contributed by atoms with van der Waals surface area (Å²) in [6.45, 7) is 2.29. The van der Waals surface area contributed by atoms with Gasteiger partial charge in [-0.1, -0.05) is 79.4 Å². The Labute approximate surface area is 211 Å². The summed E-state index contributed by atoms with van der Waals surface area (Å²) in [4.78, 5) is 28.2. The van der Waals surface area contributed by atoms with Crippen LogP contribution in [0.4, 0.5) is 0 Å². The maximum absolute atomic E-state index is 13.3. The summed E-state index contributed by atoms with van der Waals surface area (Å²) in [5.41, 5.74) is 2.10. The fourth-order valence-electron chi connectivity index (χ4n) is 4.19. The Balaban J connectivity index is 1.67. The molecule has 2 amide bonds. The maximum atomic E-state index is 13.3. The number of carbonyl (C=O) groups excluding carboxylic acids is 2. The molecule has 3 rings (SSSR count). The van der Waals surface area contributed by atoms with Crippen molar-refractivity contribution in [2.45, 2.75) is 69.8 Å². The maximum Gasteiger partial charge on any atom is 0.243 e. The molecule has 2 aromatic rings. The summed E-state index contributed by atoms with van der Waals surface area (Å²) in [6.07, 6.45) is 5.26. The van der Waals surface area contributed by atoms with Crippen LogP contribution in [0, 0.1) is 0 Å². The van der Waals surface area contributed by atoms with Gasteiger partial charge in [-0.15, -0.1) is 0 Å². The quantitative estimate of drug-likeness (QED) is 0.354. The zero-order valence-electron chi connectivity index (χ0n) is 19.1. The van der Waals surface area contributed by atoms with Crippen LogP contribution in [0.2, 0.25) is 10.0 Å². The molecular formula is C26H32Cl2N2O2S. The lowest BCUT2D eigenvalue weighted by Crippen LogP contribution is -2.51. The summed E-state index contributed by atoms with van der Waals surface area (Å²) >= 11 is 14.0. The first-order valence-electron chi connectivity index (χ1n) is 11.6. The summed E-state index contributed by atoms with van der Waals surface area (Å²) in [5.74, 6) is 1.48. The molecule has 4 nitrogen and oxygen atoms in total. The highest BCUT2D eigenvalue weighted by Crippen LogP contribution is 2.25. The molecule has 1 atom stereocenters. The Kier molecular flexibility index (Phi) is 10.4. The molecule has 0 aromatic heterocycles. The molecule has 178 valence electrons. The minimum atomic E-state index is -0.508. The first-order chi connectivity index (χ1) is 16.0. The smallest absolute Gasteiger partial charge is 0.243 e. The van der Waals surface area contributed by atoms with Crippen molar-refractivity contribution in [3.63, 3.8) is 0 Å². The van der Waals surface area contributed by atoms with E-state index in [2.05, 4.69) is 17.4 Å². The van der Waals surface area contributed by atoms with E-state index in [1.54, 1.807) is 28.8 Å². The summed E-state index contributed by atoms with van der Waals surface area (Å²) in [5, 5.41) is 4.10. The van der Waals surface area contributed by atoms with Crippen LogP contribution >= 0.6 is 35.0 Å². The lowest BCUT2D eigenvalue weighted by molar-refractivity contribution is -0.141. The van der Waals surface area contributed by atoms with Crippen LogP contribution in [0.25, 0.3) is 0 Å². The van der Waals surface area contributed by atoms with Crippen molar-refractivity contribution in [3.8, 4) is 0 Å². The molecule has 0 spiro atoms. The minimum absolute atomic E-state index is 0.0185. The van der Waals surface area contributed by atoms with E-state index in [1.807, 2.05) is 31.2 Å². The van der Waals surface area contributed by atoms with E-state index in [0.717, 1.165) is 37.0 Å². The van der Waals surface area contributed by atoms with Gasteiger partial charge in [0.05, 0.1) is 10.0 Å². The highest BCUT2D eigenvalue weighted by molar-refractivity contribution is 7.98. The molecule has 0 bridgehead atoms. The molecule has 1 N–H and O–H groups in total. The molecule has 0 heterocycles.